The Morgan fingerprint density at radius 3 is 1.47 bits per heavy atom. The summed E-state index contributed by atoms with van der Waals surface area (Å²) in [6.45, 7) is 7.56. The second-order valence-corrected chi connectivity index (χ2v) is 13.6. The van der Waals surface area contributed by atoms with Crippen LogP contribution in [-0.2, 0) is 24.5 Å². The highest BCUT2D eigenvalue weighted by Crippen LogP contribution is 2.59. The summed E-state index contributed by atoms with van der Waals surface area (Å²) in [4.78, 5) is 22.9. The molecule has 0 aliphatic heterocycles. The van der Waals surface area contributed by atoms with Gasteiger partial charge in [-0.05, 0) is 126 Å². The third-order valence-electron chi connectivity index (χ3n) is 10.5. The van der Waals surface area contributed by atoms with Crippen molar-refractivity contribution >= 4 is 44.3 Å². The van der Waals surface area contributed by atoms with Crippen molar-refractivity contribution in [1.29, 1.82) is 0 Å². The molecule has 284 valence electrons. The van der Waals surface area contributed by atoms with Crippen LogP contribution < -0.4 is 18.9 Å². The lowest BCUT2D eigenvalue weighted by atomic mass is 9.67. The van der Waals surface area contributed by atoms with E-state index in [2.05, 4.69) is 110 Å². The number of ether oxygens (including phenoxy) is 6. The van der Waals surface area contributed by atoms with E-state index in [9.17, 15) is 9.59 Å². The monoisotopic (exact) mass is 756 g/mol. The van der Waals surface area contributed by atoms with Crippen LogP contribution in [0.4, 0.5) is 0 Å². The van der Waals surface area contributed by atoms with E-state index in [1.807, 2.05) is 24.3 Å². The van der Waals surface area contributed by atoms with Crippen molar-refractivity contribution in [1.82, 2.24) is 0 Å². The van der Waals surface area contributed by atoms with E-state index in [0.29, 0.717) is 23.0 Å². The molecule has 1 aliphatic carbocycles. The Morgan fingerprint density at radius 1 is 0.509 bits per heavy atom. The molecule has 8 nitrogen and oxygen atoms in total. The van der Waals surface area contributed by atoms with Crippen molar-refractivity contribution in [3.8, 4) is 34.1 Å². The molecule has 0 amide bonds. The summed E-state index contributed by atoms with van der Waals surface area (Å²) in [6.07, 6.45) is 2.27. The number of carbonyl (C=O) groups is 2. The average Bonchev–Trinajstić information content (AvgIpc) is 3.53. The van der Waals surface area contributed by atoms with Crippen molar-refractivity contribution in [3.05, 3.63) is 169 Å². The van der Waals surface area contributed by atoms with Crippen molar-refractivity contribution in [2.24, 2.45) is 0 Å². The molecule has 0 aromatic heterocycles. The molecule has 0 fully saturated rings. The number of benzene rings is 7. The van der Waals surface area contributed by atoms with Gasteiger partial charge in [-0.3, -0.25) is 0 Å². The number of fused-ring (bicyclic) bond motifs is 6. The van der Waals surface area contributed by atoms with Gasteiger partial charge in [0.1, 0.15) is 37.9 Å². The van der Waals surface area contributed by atoms with E-state index in [4.69, 9.17) is 28.4 Å². The van der Waals surface area contributed by atoms with Crippen LogP contribution >= 0.6 is 0 Å². The topological polar surface area (TPSA) is 89.5 Å². The van der Waals surface area contributed by atoms with Crippen molar-refractivity contribution in [2.45, 2.75) is 5.41 Å². The van der Waals surface area contributed by atoms with Gasteiger partial charge in [-0.15, -0.1) is 0 Å². The summed E-state index contributed by atoms with van der Waals surface area (Å²) >= 11 is 0. The predicted molar refractivity (Wildman–Crippen MR) is 223 cm³/mol. The quantitative estimate of drug-likeness (QED) is 0.0616. The zero-order valence-corrected chi connectivity index (χ0v) is 31.7. The van der Waals surface area contributed by atoms with Gasteiger partial charge >= 0.3 is 11.9 Å². The molecule has 0 atom stereocenters. The van der Waals surface area contributed by atoms with E-state index in [-0.39, 0.29) is 26.4 Å². The molecule has 1 aliphatic rings. The molecule has 7 aromatic rings. The molecule has 0 spiro atoms. The van der Waals surface area contributed by atoms with Crippen LogP contribution in [0, 0.1) is 0 Å². The normalized spacial score (nSPS) is 12.4. The third kappa shape index (κ3) is 6.80. The third-order valence-corrected chi connectivity index (χ3v) is 10.5. The first-order valence-electron chi connectivity index (χ1n) is 18.6. The number of methoxy groups -OCH3 is 2. The fourth-order valence-corrected chi connectivity index (χ4v) is 7.93. The Kier molecular flexibility index (Phi) is 10.1. The van der Waals surface area contributed by atoms with Crippen LogP contribution in [-0.4, -0.2) is 52.6 Å². The van der Waals surface area contributed by atoms with Crippen LogP contribution in [0.2, 0.25) is 0 Å². The number of esters is 2. The molecular formula is C49H40O8. The van der Waals surface area contributed by atoms with Gasteiger partial charge in [0, 0.05) is 12.2 Å². The molecule has 57 heavy (non-hydrogen) atoms. The molecule has 8 rings (SSSR count). The SMILES string of the molecule is C=CC(=O)OCCOc1ccc2cc(C3(c4ccc5cc(OCCOC(=O)C=C)ccc5c4)c4cc(OC)c(OC)cc4-c4cc5ccccc5cc43)ccc2c1. The van der Waals surface area contributed by atoms with Gasteiger partial charge in [-0.25, -0.2) is 9.59 Å². The Hall–Kier alpha value is -7.06. The highest BCUT2D eigenvalue weighted by Gasteiger charge is 2.47. The van der Waals surface area contributed by atoms with Crippen LogP contribution in [0.25, 0.3) is 43.4 Å². The van der Waals surface area contributed by atoms with Gasteiger partial charge in [-0.2, -0.15) is 0 Å². The maximum Gasteiger partial charge on any atom is 0.330 e. The summed E-state index contributed by atoms with van der Waals surface area (Å²) < 4.78 is 33.9. The lowest BCUT2D eigenvalue weighted by molar-refractivity contribution is -0.139. The van der Waals surface area contributed by atoms with Crippen LogP contribution in [0.3, 0.4) is 0 Å². The lowest BCUT2D eigenvalue weighted by Gasteiger charge is -2.35. The largest absolute Gasteiger partial charge is 0.493 e. The summed E-state index contributed by atoms with van der Waals surface area (Å²) in [5.74, 6) is 1.68. The fraction of sp³-hybridized carbons (Fsp3) is 0.143. The molecule has 0 radical (unpaired) electrons. The Balaban J connectivity index is 1.29. The first kappa shape index (κ1) is 36.9. The molecule has 0 heterocycles. The number of hydrogen-bond donors (Lipinski definition) is 0. The summed E-state index contributed by atoms with van der Waals surface area (Å²) in [6, 6.07) is 42.4. The van der Waals surface area contributed by atoms with Gasteiger partial charge in [-0.1, -0.05) is 73.8 Å². The minimum absolute atomic E-state index is 0.124. The molecule has 8 heteroatoms. The first-order chi connectivity index (χ1) is 27.9. The van der Waals surface area contributed by atoms with Gasteiger partial charge in [0.15, 0.2) is 11.5 Å². The first-order valence-corrected chi connectivity index (χ1v) is 18.6. The van der Waals surface area contributed by atoms with Crippen molar-refractivity contribution in [2.75, 3.05) is 40.6 Å². The second-order valence-electron chi connectivity index (χ2n) is 13.6. The molecule has 0 bridgehead atoms. The van der Waals surface area contributed by atoms with Gasteiger partial charge in [0.05, 0.1) is 19.6 Å². The number of hydrogen-bond acceptors (Lipinski definition) is 8. The van der Waals surface area contributed by atoms with Gasteiger partial charge in [0.25, 0.3) is 0 Å². The minimum atomic E-state index is -0.773. The van der Waals surface area contributed by atoms with Crippen molar-refractivity contribution < 1.29 is 38.0 Å². The zero-order chi connectivity index (χ0) is 39.5. The van der Waals surface area contributed by atoms with Crippen LogP contribution in [0.5, 0.6) is 23.0 Å². The molecular weight excluding hydrogens is 717 g/mol. The summed E-state index contributed by atoms with van der Waals surface area (Å²) in [5.41, 5.74) is 5.79. The van der Waals surface area contributed by atoms with Gasteiger partial charge < -0.3 is 28.4 Å². The predicted octanol–water partition coefficient (Wildman–Crippen LogP) is 9.74. The zero-order valence-electron chi connectivity index (χ0n) is 31.7. The van der Waals surface area contributed by atoms with Crippen molar-refractivity contribution in [3.63, 3.8) is 0 Å². The number of rotatable bonds is 14. The van der Waals surface area contributed by atoms with Crippen LogP contribution in [0.15, 0.2) is 147 Å². The smallest absolute Gasteiger partial charge is 0.330 e. The van der Waals surface area contributed by atoms with Gasteiger partial charge in [0.2, 0.25) is 0 Å². The molecule has 0 N–H and O–H groups in total. The maximum absolute atomic E-state index is 11.5. The van der Waals surface area contributed by atoms with E-state index in [1.165, 1.54) is 0 Å². The average molecular weight is 757 g/mol. The van der Waals surface area contributed by atoms with E-state index in [1.54, 1.807) is 14.2 Å². The summed E-state index contributed by atoms with van der Waals surface area (Å²) in [5, 5.41) is 6.36. The number of carbonyl (C=O) groups excluding carboxylic acids is 2. The Bertz CT molecular complexity index is 2600. The highest BCUT2D eigenvalue weighted by atomic mass is 16.6. The maximum atomic E-state index is 11.5. The Labute approximate surface area is 330 Å². The molecule has 7 aromatic carbocycles. The van der Waals surface area contributed by atoms with E-state index >= 15 is 0 Å². The lowest BCUT2D eigenvalue weighted by Crippen LogP contribution is -2.28. The minimum Gasteiger partial charge on any atom is -0.493 e. The highest BCUT2D eigenvalue weighted by molar-refractivity contribution is 5.98. The molecule has 0 unspecified atom stereocenters. The molecule has 0 saturated carbocycles. The standard InChI is InChI=1S/C49H40O8/c1-5-47(50)56-21-19-54-39-17-13-33-23-37(15-11-35(33)25-39)49(38-16-12-36-26-40(18-14-34(36)24-38)55-20-22-57-48(51)6-2)43-28-32-10-8-7-9-31(32)27-41(43)42-29-45(52-3)46(53-4)30-44(42)49/h5-18,23-30H,1-2,19-22H2,3-4H3. The Morgan fingerprint density at radius 2 is 0.947 bits per heavy atom. The fourth-order valence-electron chi connectivity index (χ4n) is 7.93. The van der Waals surface area contributed by atoms with E-state index in [0.717, 1.165) is 77.9 Å². The molecule has 0 saturated heterocycles. The summed E-state index contributed by atoms with van der Waals surface area (Å²) in [7, 11) is 3.33. The van der Waals surface area contributed by atoms with Crippen LogP contribution in [0.1, 0.15) is 22.3 Å². The van der Waals surface area contributed by atoms with E-state index < -0.39 is 17.4 Å². The second kappa shape index (κ2) is 15.6.